The zero-order valence-corrected chi connectivity index (χ0v) is 13.2. The Morgan fingerprint density at radius 2 is 2.23 bits per heavy atom. The van der Waals surface area contributed by atoms with Crippen LogP contribution in [0.5, 0.6) is 0 Å². The maximum atomic E-state index is 12.1. The summed E-state index contributed by atoms with van der Waals surface area (Å²) in [5.74, 6) is -0.0527. The highest BCUT2D eigenvalue weighted by molar-refractivity contribution is 7.19. The molecule has 0 bridgehead atoms. The Morgan fingerprint density at radius 1 is 1.41 bits per heavy atom. The van der Waals surface area contributed by atoms with Crippen molar-refractivity contribution < 1.29 is 4.79 Å². The van der Waals surface area contributed by atoms with Crippen molar-refractivity contribution in [3.05, 3.63) is 53.3 Å². The zero-order chi connectivity index (χ0) is 15.5. The summed E-state index contributed by atoms with van der Waals surface area (Å²) in [5, 5.41) is 4.94. The average molecular weight is 312 g/mol. The Bertz CT molecular complexity index is 800. The van der Waals surface area contributed by atoms with Crippen LogP contribution in [0.4, 0.5) is 0 Å². The van der Waals surface area contributed by atoms with Gasteiger partial charge in [0.05, 0.1) is 16.4 Å². The molecule has 0 aliphatic heterocycles. The maximum Gasteiger partial charge on any atom is 0.246 e. The van der Waals surface area contributed by atoms with E-state index in [-0.39, 0.29) is 5.91 Å². The number of aryl methyl sites for hydroxylation is 1. The van der Waals surface area contributed by atoms with Crippen molar-refractivity contribution in [1.29, 1.82) is 0 Å². The molecule has 0 N–H and O–H groups in total. The Balaban J connectivity index is 1.67. The van der Waals surface area contributed by atoms with E-state index in [4.69, 9.17) is 0 Å². The molecule has 0 aliphatic rings. The number of aromatic nitrogens is 3. The smallest absolute Gasteiger partial charge is 0.246 e. The summed E-state index contributed by atoms with van der Waals surface area (Å²) >= 11 is 1.58. The van der Waals surface area contributed by atoms with Crippen LogP contribution in [0.1, 0.15) is 10.6 Å². The van der Waals surface area contributed by atoms with E-state index in [1.807, 2.05) is 37.5 Å². The van der Waals surface area contributed by atoms with Gasteiger partial charge < -0.3 is 4.90 Å². The van der Waals surface area contributed by atoms with Crippen molar-refractivity contribution in [2.45, 2.75) is 6.54 Å². The standard InChI is InChI=1S/C16H16N4OS/c1-19(10-12-9-17-20(2)11-12)16(21)8-7-15-18-13-5-3-4-6-14(13)22-15/h3-9,11H,10H2,1-2H3/b8-7+. The number of para-hydroxylation sites is 1. The Kier molecular flexibility index (Phi) is 4.02. The molecule has 3 aromatic rings. The van der Waals surface area contributed by atoms with Gasteiger partial charge in [-0.15, -0.1) is 11.3 Å². The van der Waals surface area contributed by atoms with E-state index in [2.05, 4.69) is 10.1 Å². The van der Waals surface area contributed by atoms with Gasteiger partial charge in [0.2, 0.25) is 5.91 Å². The Labute approximate surface area is 132 Å². The van der Waals surface area contributed by atoms with Gasteiger partial charge in [-0.25, -0.2) is 4.98 Å². The van der Waals surface area contributed by atoms with E-state index < -0.39 is 0 Å². The highest BCUT2D eigenvalue weighted by atomic mass is 32.1. The SMILES string of the molecule is CN(Cc1cnn(C)c1)C(=O)/C=C/c1nc2ccccc2s1. The summed E-state index contributed by atoms with van der Waals surface area (Å²) in [6, 6.07) is 7.95. The second-order valence-corrected chi connectivity index (χ2v) is 6.13. The van der Waals surface area contributed by atoms with Crippen LogP contribution < -0.4 is 0 Å². The lowest BCUT2D eigenvalue weighted by Gasteiger charge is -2.13. The molecule has 1 aromatic carbocycles. The first-order valence-electron chi connectivity index (χ1n) is 6.88. The third-order valence-corrected chi connectivity index (χ3v) is 4.23. The second kappa shape index (κ2) is 6.11. The number of hydrogen-bond acceptors (Lipinski definition) is 4. The number of amides is 1. The molecule has 5 nitrogen and oxygen atoms in total. The van der Waals surface area contributed by atoms with E-state index in [0.717, 1.165) is 20.8 Å². The summed E-state index contributed by atoms with van der Waals surface area (Å²) < 4.78 is 2.85. The van der Waals surface area contributed by atoms with Gasteiger partial charge in [-0.2, -0.15) is 5.10 Å². The van der Waals surface area contributed by atoms with Crippen molar-refractivity contribution in [2.75, 3.05) is 7.05 Å². The number of fused-ring (bicyclic) bond motifs is 1. The molecule has 0 saturated heterocycles. The Morgan fingerprint density at radius 3 is 2.95 bits per heavy atom. The summed E-state index contributed by atoms with van der Waals surface area (Å²) in [5.41, 5.74) is 1.97. The van der Waals surface area contributed by atoms with Gasteiger partial charge >= 0.3 is 0 Å². The number of rotatable bonds is 4. The Hall–Kier alpha value is -2.47. The van der Waals surface area contributed by atoms with E-state index in [1.54, 1.807) is 46.3 Å². The van der Waals surface area contributed by atoms with Crippen LogP contribution >= 0.6 is 11.3 Å². The van der Waals surface area contributed by atoms with Crippen molar-refractivity contribution in [2.24, 2.45) is 7.05 Å². The fourth-order valence-electron chi connectivity index (χ4n) is 2.14. The first-order valence-corrected chi connectivity index (χ1v) is 7.70. The van der Waals surface area contributed by atoms with E-state index in [9.17, 15) is 4.79 Å². The molecule has 112 valence electrons. The van der Waals surface area contributed by atoms with Gasteiger partial charge in [0.15, 0.2) is 0 Å². The largest absolute Gasteiger partial charge is 0.338 e. The second-order valence-electron chi connectivity index (χ2n) is 5.07. The van der Waals surface area contributed by atoms with Crippen molar-refractivity contribution in [3.63, 3.8) is 0 Å². The van der Waals surface area contributed by atoms with Crippen LogP contribution in [0, 0.1) is 0 Å². The first-order chi connectivity index (χ1) is 10.6. The molecule has 0 spiro atoms. The minimum Gasteiger partial charge on any atom is -0.338 e. The summed E-state index contributed by atoms with van der Waals surface area (Å²) in [6.07, 6.45) is 7.00. The van der Waals surface area contributed by atoms with Crippen molar-refractivity contribution in [3.8, 4) is 0 Å². The third-order valence-electron chi connectivity index (χ3n) is 3.23. The molecule has 0 unspecified atom stereocenters. The molecule has 2 heterocycles. The molecule has 6 heteroatoms. The number of thiazole rings is 1. The van der Waals surface area contributed by atoms with Crippen LogP contribution in [-0.2, 0) is 18.4 Å². The molecule has 1 amide bonds. The van der Waals surface area contributed by atoms with Gasteiger partial charge in [-0.1, -0.05) is 12.1 Å². The molecule has 3 rings (SSSR count). The van der Waals surface area contributed by atoms with Crippen LogP contribution in [0.15, 0.2) is 42.7 Å². The molecule has 22 heavy (non-hydrogen) atoms. The molecule has 0 fully saturated rings. The number of likely N-dealkylation sites (N-methyl/N-ethyl adjacent to an activating group) is 1. The van der Waals surface area contributed by atoms with Crippen LogP contribution in [0.25, 0.3) is 16.3 Å². The average Bonchev–Trinajstić information content (AvgIpc) is 3.10. The lowest BCUT2D eigenvalue weighted by atomic mass is 10.3. The molecule has 0 aliphatic carbocycles. The lowest BCUT2D eigenvalue weighted by Crippen LogP contribution is -2.23. The van der Waals surface area contributed by atoms with Crippen LogP contribution in [0.3, 0.4) is 0 Å². The molecular formula is C16H16N4OS. The fraction of sp³-hybridized carbons (Fsp3) is 0.188. The normalized spacial score (nSPS) is 11.4. The number of carbonyl (C=O) groups is 1. The van der Waals surface area contributed by atoms with Gasteiger partial charge in [-0.3, -0.25) is 9.48 Å². The van der Waals surface area contributed by atoms with Crippen LogP contribution in [0.2, 0.25) is 0 Å². The third kappa shape index (κ3) is 3.23. The highest BCUT2D eigenvalue weighted by Gasteiger charge is 2.07. The lowest BCUT2D eigenvalue weighted by molar-refractivity contribution is -0.125. The van der Waals surface area contributed by atoms with Gasteiger partial charge in [0, 0.05) is 38.5 Å². The molecule has 0 atom stereocenters. The van der Waals surface area contributed by atoms with Gasteiger partial charge in [0.1, 0.15) is 5.01 Å². The number of hydrogen-bond donors (Lipinski definition) is 0. The molecule has 2 aromatic heterocycles. The predicted molar refractivity (Wildman–Crippen MR) is 88.3 cm³/mol. The van der Waals surface area contributed by atoms with Gasteiger partial charge in [-0.05, 0) is 18.2 Å². The number of benzene rings is 1. The quantitative estimate of drug-likeness (QED) is 0.696. The first kappa shape index (κ1) is 14.5. The summed E-state index contributed by atoms with van der Waals surface area (Å²) in [6.45, 7) is 0.539. The van der Waals surface area contributed by atoms with Crippen molar-refractivity contribution >= 4 is 33.5 Å². The van der Waals surface area contributed by atoms with Crippen LogP contribution in [-0.4, -0.2) is 32.6 Å². The number of carbonyl (C=O) groups excluding carboxylic acids is 1. The summed E-state index contributed by atoms with van der Waals surface area (Å²) in [7, 11) is 3.64. The minimum absolute atomic E-state index is 0.0527. The van der Waals surface area contributed by atoms with E-state index >= 15 is 0 Å². The topological polar surface area (TPSA) is 51.0 Å². The van der Waals surface area contributed by atoms with Gasteiger partial charge in [0.25, 0.3) is 0 Å². The molecule has 0 saturated carbocycles. The monoisotopic (exact) mass is 312 g/mol. The zero-order valence-electron chi connectivity index (χ0n) is 12.4. The fourth-order valence-corrected chi connectivity index (χ4v) is 3.01. The van der Waals surface area contributed by atoms with E-state index in [1.165, 1.54) is 0 Å². The maximum absolute atomic E-state index is 12.1. The molecular weight excluding hydrogens is 296 g/mol. The number of nitrogens with zero attached hydrogens (tertiary/aromatic N) is 4. The highest BCUT2D eigenvalue weighted by Crippen LogP contribution is 2.22. The van der Waals surface area contributed by atoms with E-state index in [0.29, 0.717) is 6.54 Å². The minimum atomic E-state index is -0.0527. The summed E-state index contributed by atoms with van der Waals surface area (Å²) in [4.78, 5) is 18.3. The molecule has 0 radical (unpaired) electrons. The predicted octanol–water partition coefficient (Wildman–Crippen LogP) is 2.70. The van der Waals surface area contributed by atoms with Crippen molar-refractivity contribution in [1.82, 2.24) is 19.7 Å².